The Morgan fingerprint density at radius 3 is 2.72 bits per heavy atom. The summed E-state index contributed by atoms with van der Waals surface area (Å²) in [5, 5.41) is 16.7. The number of rotatable bonds is 4. The number of ether oxygens (including phenoxy) is 1. The molecule has 2 aromatic rings. The van der Waals surface area contributed by atoms with Crippen molar-refractivity contribution < 1.29 is 9.84 Å². The van der Waals surface area contributed by atoms with Gasteiger partial charge in [-0.3, -0.25) is 4.68 Å². The van der Waals surface area contributed by atoms with E-state index < -0.39 is 0 Å². The van der Waals surface area contributed by atoms with E-state index in [4.69, 9.17) is 4.74 Å². The first-order valence-electron chi connectivity index (χ1n) is 6.00. The number of benzene rings is 1. The van der Waals surface area contributed by atoms with Crippen LogP contribution in [0, 0.1) is 5.92 Å². The third-order valence-electron chi connectivity index (χ3n) is 2.99. The van der Waals surface area contributed by atoms with Gasteiger partial charge in [0.05, 0.1) is 12.4 Å². The fraction of sp³-hybridized carbons (Fsp3) is 0.308. The molecule has 0 bridgehead atoms. The molecule has 94 valence electrons. The van der Waals surface area contributed by atoms with Crippen LogP contribution in [0.3, 0.4) is 0 Å². The van der Waals surface area contributed by atoms with Crippen molar-refractivity contribution in [3.05, 3.63) is 36.7 Å². The van der Waals surface area contributed by atoms with Crippen molar-refractivity contribution in [1.82, 2.24) is 15.1 Å². The summed E-state index contributed by atoms with van der Waals surface area (Å²) in [5.41, 5.74) is 0. The topological polar surface area (TPSA) is 59.3 Å². The molecule has 2 N–H and O–H groups in total. The number of aromatic nitrogens is 2. The lowest BCUT2D eigenvalue weighted by molar-refractivity contribution is 0.295. The summed E-state index contributed by atoms with van der Waals surface area (Å²) in [5.74, 6) is 2.31. The molecule has 0 atom stereocenters. The third-order valence-corrected chi connectivity index (χ3v) is 2.99. The van der Waals surface area contributed by atoms with Gasteiger partial charge in [-0.25, -0.2) is 0 Å². The minimum atomic E-state index is 0.232. The lowest BCUT2D eigenvalue weighted by Gasteiger charge is -2.26. The van der Waals surface area contributed by atoms with E-state index in [1.54, 1.807) is 30.5 Å². The summed E-state index contributed by atoms with van der Waals surface area (Å²) < 4.78 is 7.54. The Bertz CT molecular complexity index is 517. The second kappa shape index (κ2) is 4.70. The van der Waals surface area contributed by atoms with Gasteiger partial charge >= 0.3 is 0 Å². The van der Waals surface area contributed by atoms with Crippen molar-refractivity contribution in [2.45, 2.75) is 6.54 Å². The predicted octanol–water partition coefficient (Wildman–Crippen LogP) is 1.60. The quantitative estimate of drug-likeness (QED) is 0.859. The molecule has 5 heteroatoms. The molecule has 0 spiro atoms. The fourth-order valence-electron chi connectivity index (χ4n) is 1.89. The number of phenolic OH excluding ortho intramolecular Hbond substituents is 1. The predicted molar refractivity (Wildman–Crippen MR) is 66.8 cm³/mol. The van der Waals surface area contributed by atoms with Gasteiger partial charge < -0.3 is 15.2 Å². The first-order valence-corrected chi connectivity index (χ1v) is 6.00. The fourth-order valence-corrected chi connectivity index (χ4v) is 1.89. The highest BCUT2D eigenvalue weighted by atomic mass is 16.5. The molecule has 0 aliphatic carbocycles. The second-order valence-electron chi connectivity index (χ2n) is 4.52. The lowest BCUT2D eigenvalue weighted by Crippen LogP contribution is -2.44. The van der Waals surface area contributed by atoms with E-state index in [1.165, 1.54) is 0 Å². The highest BCUT2D eigenvalue weighted by Gasteiger charge is 2.17. The average molecular weight is 245 g/mol. The minimum absolute atomic E-state index is 0.232. The van der Waals surface area contributed by atoms with Crippen LogP contribution in [0.2, 0.25) is 0 Å². The van der Waals surface area contributed by atoms with Crippen LogP contribution >= 0.6 is 0 Å². The Labute approximate surface area is 105 Å². The van der Waals surface area contributed by atoms with Gasteiger partial charge in [0.2, 0.25) is 0 Å². The maximum absolute atomic E-state index is 9.18. The van der Waals surface area contributed by atoms with Crippen molar-refractivity contribution in [1.29, 1.82) is 0 Å². The Balaban J connectivity index is 1.63. The highest BCUT2D eigenvalue weighted by molar-refractivity contribution is 5.33. The van der Waals surface area contributed by atoms with Gasteiger partial charge in [-0.1, -0.05) is 0 Å². The van der Waals surface area contributed by atoms with Crippen LogP contribution in [0.5, 0.6) is 17.2 Å². The van der Waals surface area contributed by atoms with E-state index in [1.807, 2.05) is 10.9 Å². The van der Waals surface area contributed by atoms with Crippen LogP contribution in [-0.4, -0.2) is 28.0 Å². The maximum atomic E-state index is 9.18. The zero-order valence-corrected chi connectivity index (χ0v) is 9.91. The van der Waals surface area contributed by atoms with Crippen LogP contribution in [-0.2, 0) is 6.54 Å². The molecular weight excluding hydrogens is 230 g/mol. The third kappa shape index (κ3) is 2.46. The summed E-state index contributed by atoms with van der Waals surface area (Å²) in [6.45, 7) is 3.05. The van der Waals surface area contributed by atoms with E-state index in [2.05, 4.69) is 10.4 Å². The molecule has 1 aromatic carbocycles. The van der Waals surface area contributed by atoms with Gasteiger partial charge in [0.25, 0.3) is 0 Å². The smallest absolute Gasteiger partial charge is 0.165 e. The summed E-state index contributed by atoms with van der Waals surface area (Å²) >= 11 is 0. The van der Waals surface area contributed by atoms with Gasteiger partial charge in [-0.05, 0) is 24.3 Å². The highest BCUT2D eigenvalue weighted by Crippen LogP contribution is 2.23. The van der Waals surface area contributed by atoms with E-state index >= 15 is 0 Å². The first kappa shape index (κ1) is 11.1. The normalized spacial score (nSPS) is 15.3. The molecule has 0 amide bonds. The Hall–Kier alpha value is -2.01. The summed E-state index contributed by atoms with van der Waals surface area (Å²) in [7, 11) is 0. The van der Waals surface area contributed by atoms with Crippen molar-refractivity contribution in [2.75, 3.05) is 13.1 Å². The van der Waals surface area contributed by atoms with Crippen molar-refractivity contribution in [2.24, 2.45) is 5.92 Å². The van der Waals surface area contributed by atoms with Gasteiger partial charge in [-0.15, -0.1) is 0 Å². The molecular formula is C13H15N3O2. The first-order chi connectivity index (χ1) is 8.79. The number of nitrogens with zero attached hydrogens (tertiary/aromatic N) is 2. The van der Waals surface area contributed by atoms with Gasteiger partial charge in [-0.2, -0.15) is 5.10 Å². The molecule has 2 heterocycles. The zero-order chi connectivity index (χ0) is 12.4. The molecule has 0 unspecified atom stereocenters. The number of hydrogen-bond acceptors (Lipinski definition) is 4. The zero-order valence-electron chi connectivity index (χ0n) is 9.91. The molecule has 1 aliphatic heterocycles. The average Bonchev–Trinajstić information content (AvgIpc) is 2.75. The molecule has 0 saturated carbocycles. The monoisotopic (exact) mass is 245 g/mol. The molecule has 1 saturated heterocycles. The van der Waals surface area contributed by atoms with Crippen molar-refractivity contribution in [3.63, 3.8) is 0 Å². The lowest BCUT2D eigenvalue weighted by atomic mass is 10.0. The number of aromatic hydroxyl groups is 1. The maximum Gasteiger partial charge on any atom is 0.165 e. The van der Waals surface area contributed by atoms with Crippen LogP contribution in [0.4, 0.5) is 0 Å². The van der Waals surface area contributed by atoms with Crippen molar-refractivity contribution >= 4 is 0 Å². The molecule has 5 nitrogen and oxygen atoms in total. The number of phenols is 1. The molecule has 3 rings (SSSR count). The van der Waals surface area contributed by atoms with Gasteiger partial charge in [0.15, 0.2) is 5.75 Å². The van der Waals surface area contributed by atoms with E-state index in [9.17, 15) is 5.11 Å². The van der Waals surface area contributed by atoms with E-state index in [0.29, 0.717) is 17.4 Å². The Morgan fingerprint density at radius 2 is 2.06 bits per heavy atom. The van der Waals surface area contributed by atoms with Crippen LogP contribution in [0.15, 0.2) is 36.7 Å². The minimum Gasteiger partial charge on any atom is -0.508 e. The number of hydrogen-bond donors (Lipinski definition) is 2. The summed E-state index contributed by atoms with van der Waals surface area (Å²) in [6, 6.07) is 6.64. The summed E-state index contributed by atoms with van der Waals surface area (Å²) in [6.07, 6.45) is 3.60. The molecule has 0 radical (unpaired) electrons. The SMILES string of the molecule is Oc1ccc(Oc2cnn(CC3CNC3)c2)cc1. The van der Waals surface area contributed by atoms with Gasteiger partial charge in [0.1, 0.15) is 11.5 Å². The van der Waals surface area contributed by atoms with Gasteiger partial charge in [0, 0.05) is 25.6 Å². The summed E-state index contributed by atoms with van der Waals surface area (Å²) in [4.78, 5) is 0. The van der Waals surface area contributed by atoms with Crippen LogP contribution < -0.4 is 10.1 Å². The molecule has 18 heavy (non-hydrogen) atoms. The van der Waals surface area contributed by atoms with Crippen molar-refractivity contribution in [3.8, 4) is 17.2 Å². The van der Waals surface area contributed by atoms with Crippen LogP contribution in [0.25, 0.3) is 0 Å². The van der Waals surface area contributed by atoms with E-state index in [0.717, 1.165) is 19.6 Å². The van der Waals surface area contributed by atoms with Crippen LogP contribution in [0.1, 0.15) is 0 Å². The largest absolute Gasteiger partial charge is 0.508 e. The standard InChI is InChI=1S/C13H15N3O2/c17-11-1-3-12(4-2-11)18-13-7-15-16(9-13)8-10-5-14-6-10/h1-4,7,9-10,14,17H,5-6,8H2. The second-order valence-corrected chi connectivity index (χ2v) is 4.52. The number of nitrogens with one attached hydrogen (secondary N) is 1. The molecule has 1 aromatic heterocycles. The molecule has 1 fully saturated rings. The molecule has 1 aliphatic rings. The Morgan fingerprint density at radius 1 is 1.28 bits per heavy atom. The Kier molecular flexibility index (Phi) is 2.90. The van der Waals surface area contributed by atoms with E-state index in [-0.39, 0.29) is 5.75 Å².